The molecular weight excluding hydrogens is 213 g/mol. The summed E-state index contributed by atoms with van der Waals surface area (Å²) < 4.78 is 0. The summed E-state index contributed by atoms with van der Waals surface area (Å²) in [7, 11) is 1.36. The molecule has 1 aliphatic rings. The second kappa shape index (κ2) is 4.47. The lowest BCUT2D eigenvalue weighted by molar-refractivity contribution is 0.216. The molecule has 88 valence electrons. The van der Waals surface area contributed by atoms with Crippen LogP contribution >= 0.6 is 7.26 Å². The molecule has 1 nitrogen and oxygen atoms in total. The van der Waals surface area contributed by atoms with Gasteiger partial charge in [-0.25, -0.2) is 0 Å². The van der Waals surface area contributed by atoms with Crippen molar-refractivity contribution in [1.82, 2.24) is 4.90 Å². The van der Waals surface area contributed by atoms with Gasteiger partial charge >= 0.3 is 0 Å². The summed E-state index contributed by atoms with van der Waals surface area (Å²) in [4.78, 5) is 2.53. The molecule has 16 heavy (non-hydrogen) atoms. The quantitative estimate of drug-likeness (QED) is 0.678. The van der Waals surface area contributed by atoms with E-state index in [9.17, 15) is 0 Å². The molecular formula is C14H23NP+. The summed E-state index contributed by atoms with van der Waals surface area (Å²) in [5.74, 6) is 0. The second-order valence-electron chi connectivity index (χ2n) is 5.46. The topological polar surface area (TPSA) is 3.24 Å². The Hall–Kier alpha value is -0.390. The minimum Gasteiger partial charge on any atom is -0.294 e. The minimum absolute atomic E-state index is 0.724. The zero-order chi connectivity index (χ0) is 11.8. The van der Waals surface area contributed by atoms with E-state index < -0.39 is 7.26 Å². The smallest absolute Gasteiger partial charge is 0.0937 e. The Bertz CT molecular complexity index is 337. The molecule has 1 aromatic carbocycles. The van der Waals surface area contributed by atoms with Gasteiger partial charge in [-0.2, -0.15) is 0 Å². The third-order valence-corrected chi connectivity index (χ3v) is 8.32. The molecule has 3 atom stereocenters. The van der Waals surface area contributed by atoms with Gasteiger partial charge in [-0.3, -0.25) is 4.90 Å². The third kappa shape index (κ3) is 2.17. The van der Waals surface area contributed by atoms with Crippen LogP contribution in [0.5, 0.6) is 0 Å². The molecule has 0 radical (unpaired) electrons. The first-order chi connectivity index (χ1) is 7.53. The van der Waals surface area contributed by atoms with E-state index in [4.69, 9.17) is 0 Å². The zero-order valence-corrected chi connectivity index (χ0v) is 11.7. The highest BCUT2D eigenvalue weighted by atomic mass is 31.2. The SMILES string of the molecule is C[C@@H]1C[P+](C)(c2ccccc2)C[C@H](C)N1C. The van der Waals surface area contributed by atoms with Crippen molar-refractivity contribution >= 4 is 12.6 Å². The van der Waals surface area contributed by atoms with E-state index in [0.717, 1.165) is 12.1 Å². The number of benzene rings is 1. The van der Waals surface area contributed by atoms with Gasteiger partial charge in [-0.1, -0.05) is 18.2 Å². The van der Waals surface area contributed by atoms with Gasteiger partial charge in [0, 0.05) is 19.3 Å². The van der Waals surface area contributed by atoms with E-state index in [-0.39, 0.29) is 0 Å². The van der Waals surface area contributed by atoms with Gasteiger partial charge in [0.1, 0.15) is 0 Å². The number of rotatable bonds is 1. The molecule has 0 saturated carbocycles. The predicted octanol–water partition coefficient (Wildman–Crippen LogP) is 2.68. The highest BCUT2D eigenvalue weighted by Gasteiger charge is 2.44. The van der Waals surface area contributed by atoms with Gasteiger partial charge in [0.15, 0.2) is 0 Å². The van der Waals surface area contributed by atoms with Gasteiger partial charge < -0.3 is 0 Å². The van der Waals surface area contributed by atoms with E-state index in [1.165, 1.54) is 12.3 Å². The molecule has 0 amide bonds. The van der Waals surface area contributed by atoms with Crippen molar-refractivity contribution in [3.63, 3.8) is 0 Å². The van der Waals surface area contributed by atoms with Crippen LogP contribution < -0.4 is 5.30 Å². The lowest BCUT2D eigenvalue weighted by Gasteiger charge is -2.41. The molecule has 0 aromatic heterocycles. The van der Waals surface area contributed by atoms with Gasteiger partial charge in [0.2, 0.25) is 0 Å². The predicted molar refractivity (Wildman–Crippen MR) is 75.3 cm³/mol. The number of hydrogen-bond acceptors (Lipinski definition) is 1. The molecule has 0 spiro atoms. The molecule has 0 bridgehead atoms. The fourth-order valence-corrected chi connectivity index (χ4v) is 7.24. The fourth-order valence-electron chi connectivity index (χ4n) is 2.93. The molecule has 1 fully saturated rings. The average molecular weight is 236 g/mol. The van der Waals surface area contributed by atoms with Gasteiger partial charge in [-0.05, 0) is 33.0 Å². The van der Waals surface area contributed by atoms with E-state index in [2.05, 4.69) is 62.8 Å². The first-order valence-corrected chi connectivity index (χ1v) is 8.76. The van der Waals surface area contributed by atoms with Gasteiger partial charge in [0.05, 0.1) is 24.3 Å². The summed E-state index contributed by atoms with van der Waals surface area (Å²) >= 11 is 0. The maximum absolute atomic E-state index is 2.53. The molecule has 1 heterocycles. The van der Waals surface area contributed by atoms with Crippen molar-refractivity contribution in [3.05, 3.63) is 30.3 Å². The van der Waals surface area contributed by atoms with Crippen molar-refractivity contribution < 1.29 is 0 Å². The van der Waals surface area contributed by atoms with Crippen LogP contribution in [0.1, 0.15) is 13.8 Å². The monoisotopic (exact) mass is 236 g/mol. The van der Waals surface area contributed by atoms with Crippen LogP contribution in [0.2, 0.25) is 0 Å². The van der Waals surface area contributed by atoms with Crippen molar-refractivity contribution in [2.75, 3.05) is 26.0 Å². The fraction of sp³-hybridized carbons (Fsp3) is 0.571. The first-order valence-electron chi connectivity index (χ1n) is 6.15. The molecule has 1 aliphatic heterocycles. The Kier molecular flexibility index (Phi) is 3.37. The first kappa shape index (κ1) is 12.1. The van der Waals surface area contributed by atoms with Crippen LogP contribution in [-0.4, -0.2) is 43.0 Å². The normalized spacial score (nSPS) is 36.2. The number of hydrogen-bond donors (Lipinski definition) is 0. The van der Waals surface area contributed by atoms with Gasteiger partial charge in [-0.15, -0.1) is 0 Å². The lowest BCUT2D eigenvalue weighted by Crippen LogP contribution is -2.48. The van der Waals surface area contributed by atoms with Crippen molar-refractivity contribution in [2.24, 2.45) is 0 Å². The maximum atomic E-state index is 2.53. The van der Waals surface area contributed by atoms with E-state index in [1.54, 1.807) is 5.30 Å². The maximum Gasteiger partial charge on any atom is 0.0937 e. The van der Waals surface area contributed by atoms with Crippen molar-refractivity contribution in [3.8, 4) is 0 Å². The largest absolute Gasteiger partial charge is 0.294 e. The second-order valence-corrected chi connectivity index (χ2v) is 9.50. The Morgan fingerprint density at radius 1 is 1.06 bits per heavy atom. The zero-order valence-electron chi connectivity index (χ0n) is 10.9. The molecule has 0 aliphatic carbocycles. The molecule has 2 rings (SSSR count). The molecule has 1 aromatic rings. The van der Waals surface area contributed by atoms with E-state index in [0.29, 0.717) is 0 Å². The third-order valence-electron chi connectivity index (χ3n) is 4.10. The summed E-state index contributed by atoms with van der Waals surface area (Å²) in [6.07, 6.45) is 2.75. The standard InChI is InChI=1S/C14H23NP/c1-12-10-16(4,11-13(2)15(12)3)14-8-6-5-7-9-14/h5-9,12-13H,10-11H2,1-4H3/q+1/t12-,13+,16?. The van der Waals surface area contributed by atoms with E-state index in [1.807, 2.05) is 0 Å². The van der Waals surface area contributed by atoms with Crippen LogP contribution in [-0.2, 0) is 0 Å². The number of nitrogens with zero attached hydrogens (tertiary/aromatic N) is 1. The van der Waals surface area contributed by atoms with Crippen LogP contribution in [0.15, 0.2) is 30.3 Å². The molecule has 2 heteroatoms. The van der Waals surface area contributed by atoms with Crippen molar-refractivity contribution in [2.45, 2.75) is 25.9 Å². The Morgan fingerprint density at radius 2 is 1.56 bits per heavy atom. The Labute approximate surface area is 100 Å². The Balaban J connectivity index is 2.27. The van der Waals surface area contributed by atoms with Crippen molar-refractivity contribution in [1.29, 1.82) is 0 Å². The molecule has 1 unspecified atom stereocenters. The summed E-state index contributed by atoms with van der Waals surface area (Å²) in [6.45, 7) is 7.27. The van der Waals surface area contributed by atoms with Crippen LogP contribution in [0, 0.1) is 0 Å². The summed E-state index contributed by atoms with van der Waals surface area (Å²) in [6, 6.07) is 12.6. The lowest BCUT2D eigenvalue weighted by atomic mass is 10.2. The van der Waals surface area contributed by atoms with Crippen LogP contribution in [0.4, 0.5) is 0 Å². The molecule has 0 N–H and O–H groups in total. The van der Waals surface area contributed by atoms with Crippen LogP contribution in [0.25, 0.3) is 0 Å². The Morgan fingerprint density at radius 3 is 2.06 bits per heavy atom. The minimum atomic E-state index is -0.907. The summed E-state index contributed by atoms with van der Waals surface area (Å²) in [5, 5.41) is 1.61. The summed E-state index contributed by atoms with van der Waals surface area (Å²) in [5.41, 5.74) is 0. The highest BCUT2D eigenvalue weighted by molar-refractivity contribution is 7.82. The highest BCUT2D eigenvalue weighted by Crippen LogP contribution is 2.57. The molecule has 1 saturated heterocycles. The van der Waals surface area contributed by atoms with Crippen LogP contribution in [0.3, 0.4) is 0 Å². The van der Waals surface area contributed by atoms with Gasteiger partial charge in [0.25, 0.3) is 0 Å². The average Bonchev–Trinajstić information content (AvgIpc) is 2.27. The van der Waals surface area contributed by atoms with E-state index >= 15 is 0 Å².